The second-order valence-electron chi connectivity index (χ2n) is 5.84. The summed E-state index contributed by atoms with van der Waals surface area (Å²) in [6.45, 7) is 0.607. The maximum Gasteiger partial charge on any atom is 0.240 e. The summed E-state index contributed by atoms with van der Waals surface area (Å²) in [5.41, 5.74) is 7.28. The lowest BCUT2D eigenvalue weighted by molar-refractivity contribution is -0.139. The number of nitrogens with two attached hydrogens (primary N) is 1. The number of imidazole rings is 1. The number of aromatic amines is 1. The van der Waals surface area contributed by atoms with Crippen molar-refractivity contribution in [3.05, 3.63) is 17.7 Å². The van der Waals surface area contributed by atoms with E-state index in [2.05, 4.69) is 15.3 Å². The molecule has 114 valence electrons. The zero-order valence-corrected chi connectivity index (χ0v) is 12.0. The molecule has 2 amide bonds. The Bertz CT molecular complexity index is 535. The van der Waals surface area contributed by atoms with Crippen molar-refractivity contribution in [1.82, 2.24) is 20.2 Å². The lowest BCUT2D eigenvalue weighted by Gasteiger charge is -2.33. The van der Waals surface area contributed by atoms with Gasteiger partial charge in [0, 0.05) is 19.0 Å². The first kappa shape index (κ1) is 14.1. The molecule has 1 aromatic rings. The van der Waals surface area contributed by atoms with E-state index in [1.165, 1.54) is 0 Å². The Kier molecular flexibility index (Phi) is 3.92. The van der Waals surface area contributed by atoms with E-state index in [9.17, 15) is 9.59 Å². The number of carbonyl (C=O) groups is 2. The van der Waals surface area contributed by atoms with Gasteiger partial charge < -0.3 is 15.6 Å². The highest BCUT2D eigenvalue weighted by molar-refractivity contribution is 5.87. The van der Waals surface area contributed by atoms with Gasteiger partial charge in [0.25, 0.3) is 0 Å². The molecule has 1 unspecified atom stereocenters. The van der Waals surface area contributed by atoms with Crippen molar-refractivity contribution in [2.75, 3.05) is 6.54 Å². The first-order valence-corrected chi connectivity index (χ1v) is 7.48. The lowest BCUT2D eigenvalue weighted by atomic mass is 10.0. The van der Waals surface area contributed by atoms with Crippen molar-refractivity contribution in [1.29, 1.82) is 0 Å². The first-order valence-electron chi connectivity index (χ1n) is 7.48. The quantitative estimate of drug-likeness (QED) is 0.707. The summed E-state index contributed by atoms with van der Waals surface area (Å²) >= 11 is 0. The summed E-state index contributed by atoms with van der Waals surface area (Å²) in [6.07, 6.45) is 6.33. The summed E-state index contributed by atoms with van der Waals surface area (Å²) in [5.74, 6) is -0.485. The highest BCUT2D eigenvalue weighted by Crippen LogP contribution is 2.25. The summed E-state index contributed by atoms with van der Waals surface area (Å²) in [7, 11) is 0. The maximum absolute atomic E-state index is 12.8. The van der Waals surface area contributed by atoms with E-state index >= 15 is 0 Å². The molecule has 1 aliphatic carbocycles. The highest BCUT2D eigenvalue weighted by Gasteiger charge is 2.34. The Labute approximate surface area is 123 Å². The monoisotopic (exact) mass is 291 g/mol. The van der Waals surface area contributed by atoms with Gasteiger partial charge in [-0.1, -0.05) is 12.8 Å². The van der Waals surface area contributed by atoms with Crippen LogP contribution in [0, 0.1) is 0 Å². The summed E-state index contributed by atoms with van der Waals surface area (Å²) < 4.78 is 0. The third-order valence-corrected chi connectivity index (χ3v) is 4.40. The van der Waals surface area contributed by atoms with E-state index in [0.717, 1.165) is 37.1 Å². The average molecular weight is 291 g/mol. The van der Waals surface area contributed by atoms with Gasteiger partial charge in [-0.2, -0.15) is 0 Å². The Morgan fingerprint density at radius 2 is 2.14 bits per heavy atom. The molecule has 0 aromatic carbocycles. The average Bonchev–Trinajstić information content (AvgIpc) is 3.13. The molecule has 0 bridgehead atoms. The van der Waals surface area contributed by atoms with Crippen molar-refractivity contribution in [2.45, 2.75) is 50.7 Å². The smallest absolute Gasteiger partial charge is 0.240 e. The normalized spacial score (nSPS) is 22.0. The molecule has 7 heteroatoms. The van der Waals surface area contributed by atoms with Crippen LogP contribution in [0.15, 0.2) is 6.33 Å². The van der Waals surface area contributed by atoms with Crippen LogP contribution in [0.2, 0.25) is 0 Å². The van der Waals surface area contributed by atoms with Gasteiger partial charge in [-0.15, -0.1) is 0 Å². The number of H-pyrrole nitrogens is 1. The number of carbonyl (C=O) groups excluding carboxylic acids is 2. The van der Waals surface area contributed by atoms with Crippen molar-refractivity contribution >= 4 is 11.8 Å². The van der Waals surface area contributed by atoms with Crippen molar-refractivity contribution in [3.8, 4) is 0 Å². The zero-order chi connectivity index (χ0) is 14.8. The first-order chi connectivity index (χ1) is 10.1. The predicted molar refractivity (Wildman–Crippen MR) is 76.1 cm³/mol. The third kappa shape index (κ3) is 2.92. The fraction of sp³-hybridized carbons (Fsp3) is 0.643. The molecule has 0 saturated heterocycles. The van der Waals surface area contributed by atoms with E-state index in [1.807, 2.05) is 0 Å². The molecule has 2 heterocycles. The van der Waals surface area contributed by atoms with Crippen LogP contribution in [0.25, 0.3) is 0 Å². The lowest BCUT2D eigenvalue weighted by Crippen LogP contribution is -2.54. The molecule has 1 aromatic heterocycles. The Balaban J connectivity index is 1.73. The summed E-state index contributed by atoms with van der Waals surface area (Å²) in [5, 5.41) is 3.22. The standard InChI is InChI=1S/C14H21N5O2/c15-13(20)7-19(9-3-1-2-4-9)14(21)11-5-10-12(6-16-11)18-8-17-10/h8-9,11,16H,1-7H2,(H2,15,20)(H,17,18). The van der Waals surface area contributed by atoms with Crippen LogP contribution in [-0.4, -0.2) is 45.3 Å². The molecule has 0 spiro atoms. The zero-order valence-electron chi connectivity index (χ0n) is 12.0. The van der Waals surface area contributed by atoms with Crippen LogP contribution < -0.4 is 11.1 Å². The number of nitrogens with one attached hydrogen (secondary N) is 2. The minimum Gasteiger partial charge on any atom is -0.368 e. The number of rotatable bonds is 4. The van der Waals surface area contributed by atoms with Gasteiger partial charge in [0.2, 0.25) is 11.8 Å². The van der Waals surface area contributed by atoms with Crippen molar-refractivity contribution in [3.63, 3.8) is 0 Å². The van der Waals surface area contributed by atoms with E-state index in [-0.39, 0.29) is 24.5 Å². The Morgan fingerprint density at radius 1 is 1.38 bits per heavy atom. The Hall–Kier alpha value is -1.89. The number of hydrogen-bond acceptors (Lipinski definition) is 4. The molecule has 2 aliphatic rings. The van der Waals surface area contributed by atoms with Crippen LogP contribution in [0.1, 0.15) is 37.1 Å². The second kappa shape index (κ2) is 5.85. The fourth-order valence-electron chi connectivity index (χ4n) is 3.31. The van der Waals surface area contributed by atoms with E-state index < -0.39 is 5.91 Å². The summed E-state index contributed by atoms with van der Waals surface area (Å²) in [6, 6.07) is -0.173. The van der Waals surface area contributed by atoms with Crippen LogP contribution in [0.3, 0.4) is 0 Å². The molecule has 1 aliphatic heterocycles. The van der Waals surface area contributed by atoms with E-state index in [4.69, 9.17) is 5.73 Å². The van der Waals surface area contributed by atoms with Crippen LogP contribution in [-0.2, 0) is 22.6 Å². The number of aromatic nitrogens is 2. The van der Waals surface area contributed by atoms with E-state index in [1.54, 1.807) is 11.2 Å². The van der Waals surface area contributed by atoms with Gasteiger partial charge >= 0.3 is 0 Å². The Morgan fingerprint density at radius 3 is 2.86 bits per heavy atom. The number of fused-ring (bicyclic) bond motifs is 1. The topological polar surface area (TPSA) is 104 Å². The van der Waals surface area contributed by atoms with Gasteiger partial charge in [-0.05, 0) is 12.8 Å². The molecule has 21 heavy (non-hydrogen) atoms. The van der Waals surface area contributed by atoms with Gasteiger partial charge in [0.15, 0.2) is 0 Å². The number of amides is 2. The largest absolute Gasteiger partial charge is 0.368 e. The number of primary amides is 1. The van der Waals surface area contributed by atoms with Crippen LogP contribution in [0.5, 0.6) is 0 Å². The minimum absolute atomic E-state index is 0.00903. The van der Waals surface area contributed by atoms with Crippen LogP contribution in [0.4, 0.5) is 0 Å². The second-order valence-corrected chi connectivity index (χ2v) is 5.84. The van der Waals surface area contributed by atoms with Crippen molar-refractivity contribution < 1.29 is 9.59 Å². The molecule has 4 N–H and O–H groups in total. The molecule has 7 nitrogen and oxygen atoms in total. The maximum atomic E-state index is 12.8. The molecular weight excluding hydrogens is 270 g/mol. The highest BCUT2D eigenvalue weighted by atomic mass is 16.2. The summed E-state index contributed by atoms with van der Waals surface area (Å²) in [4.78, 5) is 33.1. The molecule has 1 saturated carbocycles. The molecule has 0 radical (unpaired) electrons. The molecule has 3 rings (SSSR count). The minimum atomic E-state index is -0.452. The SMILES string of the molecule is NC(=O)CN(C(=O)C1Cc2nc[nH]c2CN1)C1CCCC1. The van der Waals surface area contributed by atoms with Crippen molar-refractivity contribution in [2.24, 2.45) is 5.73 Å². The third-order valence-electron chi connectivity index (χ3n) is 4.40. The van der Waals surface area contributed by atoms with Crippen LogP contribution >= 0.6 is 0 Å². The van der Waals surface area contributed by atoms with Gasteiger partial charge in [0.1, 0.15) is 0 Å². The number of hydrogen-bond donors (Lipinski definition) is 3. The molecule has 1 fully saturated rings. The predicted octanol–water partition coefficient (Wildman–Crippen LogP) is -0.319. The molecule has 1 atom stereocenters. The molecular formula is C14H21N5O2. The van der Waals surface area contributed by atoms with Gasteiger partial charge in [0.05, 0.1) is 30.3 Å². The fourth-order valence-corrected chi connectivity index (χ4v) is 3.31. The van der Waals surface area contributed by atoms with Gasteiger partial charge in [-0.3, -0.25) is 14.9 Å². The van der Waals surface area contributed by atoms with Gasteiger partial charge in [-0.25, -0.2) is 4.98 Å². The number of nitrogens with zero attached hydrogens (tertiary/aromatic N) is 2. The van der Waals surface area contributed by atoms with E-state index in [0.29, 0.717) is 13.0 Å².